The zero-order chi connectivity index (χ0) is 14.7. The minimum Gasteiger partial charge on any atom is -0.488 e. The molecule has 2 N–H and O–H groups in total. The van der Waals surface area contributed by atoms with Gasteiger partial charge in [-0.05, 0) is 29.1 Å². The first-order valence-electron chi connectivity index (χ1n) is 6.59. The van der Waals surface area contributed by atoms with Crippen LogP contribution in [0.4, 0.5) is 0 Å². The van der Waals surface area contributed by atoms with Crippen molar-refractivity contribution in [3.05, 3.63) is 72.1 Å². The van der Waals surface area contributed by atoms with E-state index in [4.69, 9.17) is 22.7 Å². The Balaban J connectivity index is 1.84. The maximum absolute atomic E-state index is 5.93. The van der Waals surface area contributed by atoms with Crippen molar-refractivity contribution in [2.45, 2.75) is 6.61 Å². The van der Waals surface area contributed by atoms with E-state index in [1.165, 1.54) is 0 Å². The zero-order valence-electron chi connectivity index (χ0n) is 11.3. The van der Waals surface area contributed by atoms with Crippen LogP contribution in [0, 0.1) is 0 Å². The van der Waals surface area contributed by atoms with Crippen LogP contribution < -0.4 is 10.5 Å². The maximum atomic E-state index is 5.93. The summed E-state index contributed by atoms with van der Waals surface area (Å²) in [6, 6.07) is 17.9. The third-order valence-electron chi connectivity index (χ3n) is 3.22. The minimum atomic E-state index is 0.294. The lowest BCUT2D eigenvalue weighted by atomic mass is 10.1. The summed E-state index contributed by atoms with van der Waals surface area (Å²) in [4.78, 5) is 4.42. The van der Waals surface area contributed by atoms with E-state index in [9.17, 15) is 0 Å². The summed E-state index contributed by atoms with van der Waals surface area (Å²) >= 11 is 4.94. The molecule has 0 unspecified atom stereocenters. The Hall–Kier alpha value is -2.46. The number of hydrogen-bond acceptors (Lipinski definition) is 3. The molecule has 0 atom stereocenters. The van der Waals surface area contributed by atoms with Gasteiger partial charge in [0.2, 0.25) is 0 Å². The number of pyridine rings is 1. The van der Waals surface area contributed by atoms with Crippen molar-refractivity contribution in [2.75, 3.05) is 0 Å². The molecular formula is C17H14N2OS. The second-order valence-corrected chi connectivity index (χ2v) is 5.12. The van der Waals surface area contributed by atoms with Crippen molar-refractivity contribution in [1.82, 2.24) is 4.98 Å². The molecule has 0 fully saturated rings. The molecule has 21 heavy (non-hydrogen) atoms. The van der Waals surface area contributed by atoms with E-state index in [1.54, 1.807) is 6.20 Å². The Kier molecular flexibility index (Phi) is 3.79. The molecule has 3 rings (SSSR count). The Labute approximate surface area is 128 Å². The van der Waals surface area contributed by atoms with Crippen molar-refractivity contribution in [2.24, 2.45) is 5.73 Å². The molecule has 0 spiro atoms. The van der Waals surface area contributed by atoms with E-state index in [0.717, 1.165) is 22.1 Å². The van der Waals surface area contributed by atoms with Crippen LogP contribution >= 0.6 is 12.2 Å². The van der Waals surface area contributed by atoms with E-state index in [1.807, 2.05) is 36.4 Å². The van der Waals surface area contributed by atoms with Gasteiger partial charge >= 0.3 is 0 Å². The Morgan fingerprint density at radius 2 is 1.90 bits per heavy atom. The lowest BCUT2D eigenvalue weighted by Crippen LogP contribution is -2.12. The molecule has 0 bridgehead atoms. The van der Waals surface area contributed by atoms with Crippen LogP contribution in [-0.2, 0) is 6.61 Å². The second kappa shape index (κ2) is 5.89. The first kappa shape index (κ1) is 13.5. The van der Waals surface area contributed by atoms with Crippen LogP contribution in [0.15, 0.2) is 60.8 Å². The van der Waals surface area contributed by atoms with E-state index in [-0.39, 0.29) is 0 Å². The first-order valence-corrected chi connectivity index (χ1v) is 7.00. The SMILES string of the molecule is NC(=S)c1cc(COc2cccc3ccccc23)ccn1. The fourth-order valence-corrected chi connectivity index (χ4v) is 2.29. The summed E-state index contributed by atoms with van der Waals surface area (Å²) in [5.41, 5.74) is 7.19. The molecule has 0 saturated carbocycles. The highest BCUT2D eigenvalue weighted by molar-refractivity contribution is 7.80. The molecule has 104 valence electrons. The fourth-order valence-electron chi connectivity index (χ4n) is 2.18. The third-order valence-corrected chi connectivity index (χ3v) is 3.43. The topological polar surface area (TPSA) is 48.1 Å². The van der Waals surface area contributed by atoms with E-state index in [0.29, 0.717) is 17.3 Å². The summed E-state index contributed by atoms with van der Waals surface area (Å²) in [6.07, 6.45) is 1.69. The number of benzene rings is 2. The van der Waals surface area contributed by atoms with Crippen LogP contribution in [0.5, 0.6) is 5.75 Å². The number of ether oxygens (including phenoxy) is 1. The van der Waals surface area contributed by atoms with E-state index < -0.39 is 0 Å². The highest BCUT2D eigenvalue weighted by atomic mass is 32.1. The molecule has 0 aliphatic carbocycles. The molecule has 0 radical (unpaired) electrons. The average Bonchev–Trinajstić information content (AvgIpc) is 2.53. The smallest absolute Gasteiger partial charge is 0.127 e. The van der Waals surface area contributed by atoms with Crippen LogP contribution in [0.1, 0.15) is 11.3 Å². The monoisotopic (exact) mass is 294 g/mol. The third kappa shape index (κ3) is 3.01. The van der Waals surface area contributed by atoms with Gasteiger partial charge in [0.1, 0.15) is 17.3 Å². The molecular weight excluding hydrogens is 280 g/mol. The van der Waals surface area contributed by atoms with Gasteiger partial charge in [0.25, 0.3) is 0 Å². The van der Waals surface area contributed by atoms with E-state index in [2.05, 4.69) is 23.2 Å². The molecule has 2 aromatic carbocycles. The highest BCUT2D eigenvalue weighted by Crippen LogP contribution is 2.25. The van der Waals surface area contributed by atoms with Gasteiger partial charge in [0.15, 0.2) is 0 Å². The van der Waals surface area contributed by atoms with Crippen molar-refractivity contribution in [3.8, 4) is 5.75 Å². The van der Waals surface area contributed by atoms with Gasteiger partial charge in [-0.3, -0.25) is 4.98 Å². The van der Waals surface area contributed by atoms with Crippen LogP contribution in [0.3, 0.4) is 0 Å². The van der Waals surface area contributed by atoms with Crippen molar-refractivity contribution >= 4 is 28.0 Å². The zero-order valence-corrected chi connectivity index (χ0v) is 12.1. The predicted molar refractivity (Wildman–Crippen MR) is 88.4 cm³/mol. The summed E-state index contributed by atoms with van der Waals surface area (Å²) in [7, 11) is 0. The van der Waals surface area contributed by atoms with Crippen LogP contribution in [-0.4, -0.2) is 9.97 Å². The minimum absolute atomic E-state index is 0.294. The van der Waals surface area contributed by atoms with Gasteiger partial charge < -0.3 is 10.5 Å². The summed E-state index contributed by atoms with van der Waals surface area (Å²) in [5, 5.41) is 2.26. The molecule has 0 saturated heterocycles. The van der Waals surface area contributed by atoms with E-state index >= 15 is 0 Å². The van der Waals surface area contributed by atoms with Gasteiger partial charge in [-0.25, -0.2) is 0 Å². The normalized spacial score (nSPS) is 10.5. The van der Waals surface area contributed by atoms with Gasteiger partial charge in [0.05, 0.1) is 5.69 Å². The quantitative estimate of drug-likeness (QED) is 0.749. The molecule has 3 aromatic rings. The largest absolute Gasteiger partial charge is 0.488 e. The Bertz CT molecular complexity index is 796. The molecule has 1 aromatic heterocycles. The fraction of sp³-hybridized carbons (Fsp3) is 0.0588. The number of thiocarbonyl (C=S) groups is 1. The first-order chi connectivity index (χ1) is 10.2. The standard InChI is InChI=1S/C17H14N2OS/c18-17(21)15-10-12(8-9-19-15)11-20-16-7-3-5-13-4-1-2-6-14(13)16/h1-10H,11H2,(H2,18,21). The summed E-state index contributed by atoms with van der Waals surface area (Å²) in [6.45, 7) is 0.451. The van der Waals surface area contributed by atoms with Crippen molar-refractivity contribution in [1.29, 1.82) is 0 Å². The predicted octanol–water partition coefficient (Wildman–Crippen LogP) is 3.45. The molecule has 1 heterocycles. The van der Waals surface area contributed by atoms with Gasteiger partial charge in [0, 0.05) is 11.6 Å². The lowest BCUT2D eigenvalue weighted by molar-refractivity contribution is 0.310. The summed E-state index contributed by atoms with van der Waals surface area (Å²) < 4.78 is 5.93. The second-order valence-electron chi connectivity index (χ2n) is 4.68. The molecule has 4 heteroatoms. The molecule has 0 aliphatic heterocycles. The number of nitrogens with two attached hydrogens (primary N) is 1. The van der Waals surface area contributed by atoms with Crippen molar-refractivity contribution in [3.63, 3.8) is 0 Å². The lowest BCUT2D eigenvalue weighted by Gasteiger charge is -2.10. The maximum Gasteiger partial charge on any atom is 0.127 e. The number of hydrogen-bond donors (Lipinski definition) is 1. The van der Waals surface area contributed by atoms with Crippen LogP contribution in [0.25, 0.3) is 10.8 Å². The molecule has 3 nitrogen and oxygen atoms in total. The Morgan fingerprint density at radius 1 is 1.10 bits per heavy atom. The molecule has 0 amide bonds. The Morgan fingerprint density at radius 3 is 2.76 bits per heavy atom. The average molecular weight is 294 g/mol. The van der Waals surface area contributed by atoms with Crippen molar-refractivity contribution < 1.29 is 4.74 Å². The number of aromatic nitrogens is 1. The number of fused-ring (bicyclic) bond motifs is 1. The van der Waals surface area contributed by atoms with Crippen LogP contribution in [0.2, 0.25) is 0 Å². The van der Waals surface area contributed by atoms with Gasteiger partial charge in [-0.2, -0.15) is 0 Å². The highest BCUT2D eigenvalue weighted by Gasteiger charge is 2.04. The molecule has 0 aliphatic rings. The van der Waals surface area contributed by atoms with Gasteiger partial charge in [-0.15, -0.1) is 0 Å². The number of nitrogens with zero attached hydrogens (tertiary/aromatic N) is 1. The van der Waals surface area contributed by atoms with Gasteiger partial charge in [-0.1, -0.05) is 48.6 Å². The number of rotatable bonds is 4. The summed E-state index contributed by atoms with van der Waals surface area (Å²) in [5.74, 6) is 0.863.